The summed E-state index contributed by atoms with van der Waals surface area (Å²) in [7, 11) is 0. The number of hydrogen-bond donors (Lipinski definition) is 1. The highest BCUT2D eigenvalue weighted by Crippen LogP contribution is 2.30. The van der Waals surface area contributed by atoms with Gasteiger partial charge in [0.1, 0.15) is 5.75 Å². The van der Waals surface area contributed by atoms with E-state index in [9.17, 15) is 4.79 Å². The third-order valence-corrected chi connectivity index (χ3v) is 3.95. The Labute approximate surface area is 114 Å². The SMILES string of the molecule is CC(Oc1cccc2c1CCCC2)C(=O)NC1CC1. The molecule has 1 unspecified atom stereocenters. The highest BCUT2D eigenvalue weighted by molar-refractivity contribution is 5.81. The van der Waals surface area contributed by atoms with Gasteiger partial charge in [-0.25, -0.2) is 0 Å². The van der Waals surface area contributed by atoms with Crippen LogP contribution < -0.4 is 10.1 Å². The van der Waals surface area contributed by atoms with E-state index in [1.807, 2.05) is 19.1 Å². The van der Waals surface area contributed by atoms with Crippen LogP contribution in [0.3, 0.4) is 0 Å². The van der Waals surface area contributed by atoms with Crippen molar-refractivity contribution < 1.29 is 9.53 Å². The van der Waals surface area contributed by atoms with Gasteiger partial charge in [-0.3, -0.25) is 4.79 Å². The largest absolute Gasteiger partial charge is 0.481 e. The first-order chi connectivity index (χ1) is 9.24. The van der Waals surface area contributed by atoms with E-state index in [4.69, 9.17) is 4.74 Å². The Bertz CT molecular complexity index is 480. The molecule has 1 fully saturated rings. The average molecular weight is 259 g/mol. The van der Waals surface area contributed by atoms with Gasteiger partial charge >= 0.3 is 0 Å². The summed E-state index contributed by atoms with van der Waals surface area (Å²) in [5.74, 6) is 0.909. The molecule has 0 radical (unpaired) electrons. The van der Waals surface area contributed by atoms with E-state index >= 15 is 0 Å². The minimum atomic E-state index is -0.408. The normalized spacial score (nSPS) is 19.4. The quantitative estimate of drug-likeness (QED) is 0.902. The van der Waals surface area contributed by atoms with Crippen LogP contribution in [0.2, 0.25) is 0 Å². The number of carbonyl (C=O) groups is 1. The van der Waals surface area contributed by atoms with Crippen LogP contribution in [0.25, 0.3) is 0 Å². The zero-order valence-electron chi connectivity index (χ0n) is 11.4. The van der Waals surface area contributed by atoms with Gasteiger partial charge in [-0.2, -0.15) is 0 Å². The van der Waals surface area contributed by atoms with Gasteiger partial charge < -0.3 is 10.1 Å². The molecule has 3 heteroatoms. The number of amides is 1. The van der Waals surface area contributed by atoms with Crippen molar-refractivity contribution >= 4 is 5.91 Å². The van der Waals surface area contributed by atoms with Crippen molar-refractivity contribution in [3.63, 3.8) is 0 Å². The molecule has 1 aromatic rings. The Morgan fingerprint density at radius 2 is 2.11 bits per heavy atom. The number of fused-ring (bicyclic) bond motifs is 1. The summed E-state index contributed by atoms with van der Waals surface area (Å²) in [4.78, 5) is 11.9. The fourth-order valence-electron chi connectivity index (χ4n) is 2.65. The summed E-state index contributed by atoms with van der Waals surface area (Å²) in [6.45, 7) is 1.83. The number of carbonyl (C=O) groups excluding carboxylic acids is 1. The Kier molecular flexibility index (Phi) is 3.45. The summed E-state index contributed by atoms with van der Waals surface area (Å²) in [6.07, 6.45) is 6.49. The number of nitrogens with one attached hydrogen (secondary N) is 1. The average Bonchev–Trinajstić information content (AvgIpc) is 3.23. The maximum absolute atomic E-state index is 11.9. The van der Waals surface area contributed by atoms with Gasteiger partial charge in [0.05, 0.1) is 0 Å². The van der Waals surface area contributed by atoms with Crippen LogP contribution >= 0.6 is 0 Å². The molecule has 1 atom stereocenters. The van der Waals surface area contributed by atoms with E-state index in [1.54, 1.807) is 0 Å². The van der Waals surface area contributed by atoms with Crippen LogP contribution in [0.5, 0.6) is 5.75 Å². The van der Waals surface area contributed by atoms with E-state index < -0.39 is 6.10 Å². The number of hydrogen-bond acceptors (Lipinski definition) is 2. The highest BCUT2D eigenvalue weighted by Gasteiger charge is 2.27. The predicted octanol–water partition coefficient (Wildman–Crippen LogP) is 2.61. The maximum atomic E-state index is 11.9. The first-order valence-electron chi connectivity index (χ1n) is 7.32. The van der Waals surface area contributed by atoms with Gasteiger partial charge in [-0.15, -0.1) is 0 Å². The molecular weight excluding hydrogens is 238 g/mol. The zero-order valence-corrected chi connectivity index (χ0v) is 11.4. The fourth-order valence-corrected chi connectivity index (χ4v) is 2.65. The minimum absolute atomic E-state index is 0.0101. The van der Waals surface area contributed by atoms with Gasteiger partial charge in [0.2, 0.25) is 0 Å². The minimum Gasteiger partial charge on any atom is -0.481 e. The Morgan fingerprint density at radius 1 is 1.32 bits per heavy atom. The van der Waals surface area contributed by atoms with Crippen LogP contribution in [0.1, 0.15) is 43.7 Å². The van der Waals surface area contributed by atoms with Crippen molar-refractivity contribution in [1.82, 2.24) is 5.32 Å². The Hall–Kier alpha value is -1.51. The van der Waals surface area contributed by atoms with Gasteiger partial charge in [0.15, 0.2) is 6.10 Å². The van der Waals surface area contributed by atoms with Crippen molar-refractivity contribution in [1.29, 1.82) is 0 Å². The molecule has 2 aliphatic carbocycles. The lowest BCUT2D eigenvalue weighted by Gasteiger charge is -2.22. The van der Waals surface area contributed by atoms with Crippen LogP contribution in [0, 0.1) is 0 Å². The second kappa shape index (κ2) is 5.24. The van der Waals surface area contributed by atoms with Crippen molar-refractivity contribution in [3.8, 4) is 5.75 Å². The lowest BCUT2D eigenvalue weighted by Crippen LogP contribution is -2.37. The highest BCUT2D eigenvalue weighted by atomic mass is 16.5. The van der Waals surface area contributed by atoms with Crippen LogP contribution in [-0.4, -0.2) is 18.1 Å². The van der Waals surface area contributed by atoms with Crippen LogP contribution in [0.15, 0.2) is 18.2 Å². The molecule has 0 heterocycles. The molecule has 19 heavy (non-hydrogen) atoms. The second-order valence-electron chi connectivity index (χ2n) is 5.64. The van der Waals surface area contributed by atoms with Crippen molar-refractivity contribution in [2.75, 3.05) is 0 Å². The van der Waals surface area contributed by atoms with Gasteiger partial charge in [0.25, 0.3) is 5.91 Å². The smallest absolute Gasteiger partial charge is 0.260 e. The molecule has 0 aliphatic heterocycles. The van der Waals surface area contributed by atoms with Crippen molar-refractivity contribution in [3.05, 3.63) is 29.3 Å². The number of ether oxygens (including phenoxy) is 1. The standard InChI is InChI=1S/C16H21NO2/c1-11(16(18)17-13-9-10-13)19-15-8-4-6-12-5-2-3-7-14(12)15/h4,6,8,11,13H,2-3,5,7,9-10H2,1H3,(H,17,18). The van der Waals surface area contributed by atoms with E-state index in [0.29, 0.717) is 6.04 Å². The zero-order chi connectivity index (χ0) is 13.2. The van der Waals surface area contributed by atoms with E-state index in [-0.39, 0.29) is 5.91 Å². The molecule has 1 amide bonds. The van der Waals surface area contributed by atoms with Crippen LogP contribution in [-0.2, 0) is 17.6 Å². The summed E-state index contributed by atoms with van der Waals surface area (Å²) >= 11 is 0. The fraction of sp³-hybridized carbons (Fsp3) is 0.562. The maximum Gasteiger partial charge on any atom is 0.260 e. The molecule has 102 valence electrons. The lowest BCUT2D eigenvalue weighted by atomic mass is 9.91. The molecule has 1 N–H and O–H groups in total. The molecule has 3 nitrogen and oxygen atoms in total. The summed E-state index contributed by atoms with van der Waals surface area (Å²) in [6, 6.07) is 6.59. The summed E-state index contributed by atoms with van der Waals surface area (Å²) in [5.41, 5.74) is 2.69. The van der Waals surface area contributed by atoms with Gasteiger partial charge in [-0.05, 0) is 62.6 Å². The molecule has 2 aliphatic rings. The molecule has 0 aromatic heterocycles. The summed E-state index contributed by atoms with van der Waals surface area (Å²) < 4.78 is 5.89. The molecular formula is C16H21NO2. The predicted molar refractivity (Wildman–Crippen MR) is 74.3 cm³/mol. The topological polar surface area (TPSA) is 38.3 Å². The van der Waals surface area contributed by atoms with Crippen LogP contribution in [0.4, 0.5) is 0 Å². The van der Waals surface area contributed by atoms with Gasteiger partial charge in [0, 0.05) is 6.04 Å². The Morgan fingerprint density at radius 3 is 2.89 bits per heavy atom. The third-order valence-electron chi connectivity index (χ3n) is 3.95. The van der Waals surface area contributed by atoms with E-state index in [1.165, 1.54) is 24.0 Å². The Balaban J connectivity index is 1.69. The second-order valence-corrected chi connectivity index (χ2v) is 5.64. The lowest BCUT2D eigenvalue weighted by molar-refractivity contribution is -0.127. The molecule has 3 rings (SSSR count). The number of rotatable bonds is 4. The molecule has 0 bridgehead atoms. The number of aryl methyl sites for hydroxylation is 1. The third kappa shape index (κ3) is 2.91. The molecule has 0 spiro atoms. The first-order valence-corrected chi connectivity index (χ1v) is 7.32. The summed E-state index contributed by atoms with van der Waals surface area (Å²) in [5, 5.41) is 2.99. The van der Waals surface area contributed by atoms with E-state index in [2.05, 4.69) is 11.4 Å². The molecule has 1 saturated carbocycles. The molecule has 0 saturated heterocycles. The monoisotopic (exact) mass is 259 g/mol. The first kappa shape index (κ1) is 12.5. The molecule has 1 aromatic carbocycles. The van der Waals surface area contributed by atoms with Gasteiger partial charge in [-0.1, -0.05) is 12.1 Å². The van der Waals surface area contributed by atoms with E-state index in [0.717, 1.165) is 31.4 Å². The number of benzene rings is 1. The van der Waals surface area contributed by atoms with Crippen molar-refractivity contribution in [2.24, 2.45) is 0 Å². The van der Waals surface area contributed by atoms with Crippen molar-refractivity contribution in [2.45, 2.75) is 57.6 Å².